The Hall–Kier alpha value is -8.03. The Balaban J connectivity index is 1.31. The van der Waals surface area contributed by atoms with Crippen molar-refractivity contribution in [2.75, 3.05) is 7.11 Å². The van der Waals surface area contributed by atoms with E-state index in [-0.39, 0.29) is 0 Å². The second-order valence-electron chi connectivity index (χ2n) is 14.6. The molecule has 2 N–H and O–H groups in total. The Kier molecular flexibility index (Phi) is 8.05. The molecule has 6 aromatic carbocycles. The van der Waals surface area contributed by atoms with Crippen LogP contribution in [0.1, 0.15) is 38.4 Å². The van der Waals surface area contributed by atoms with Crippen LogP contribution < -0.4 is 26.0 Å². The molecule has 0 radical (unpaired) electrons. The first-order chi connectivity index (χ1) is 29.1. The van der Waals surface area contributed by atoms with Crippen LogP contribution in [0.4, 0.5) is 0 Å². The molecule has 280 valence electrons. The molecular weight excluding hydrogens is 729 g/mol. The van der Waals surface area contributed by atoms with Gasteiger partial charge in [-0.2, -0.15) is 0 Å². The number of aliphatic imine (C=N–C) groups is 1. The number of fused-ring (bicyclic) bond motifs is 9. The monoisotopic (exact) mass is 762 g/mol. The third-order valence-electron chi connectivity index (χ3n) is 11.2. The number of nitrogens with one attached hydrogen (secondary N) is 2. The number of esters is 1. The quantitative estimate of drug-likeness (QED) is 0.168. The number of aromatic nitrogens is 2. The molecule has 8 bridgehead atoms. The van der Waals surface area contributed by atoms with Gasteiger partial charge in [0.05, 0.1) is 40.7 Å². The van der Waals surface area contributed by atoms with Crippen LogP contribution in [0, 0.1) is 0 Å². The molecule has 0 saturated carbocycles. The van der Waals surface area contributed by atoms with E-state index >= 15 is 0 Å². The summed E-state index contributed by atoms with van der Waals surface area (Å²) in [6.45, 7) is 0. The van der Waals surface area contributed by atoms with Crippen LogP contribution in [-0.2, 0) is 4.74 Å². The van der Waals surface area contributed by atoms with E-state index in [1.165, 1.54) is 0 Å². The van der Waals surface area contributed by atoms with Crippen molar-refractivity contribution in [2.45, 2.75) is 0 Å². The molecule has 3 aliphatic rings. The highest BCUT2D eigenvalue weighted by atomic mass is 16.5. The number of ether oxygens (including phenoxy) is 2. The van der Waals surface area contributed by atoms with E-state index in [1.54, 1.807) is 19.2 Å². The van der Waals surface area contributed by atoms with Crippen molar-refractivity contribution < 1.29 is 14.3 Å². The van der Waals surface area contributed by atoms with E-state index in [2.05, 4.69) is 88.9 Å². The third-order valence-corrected chi connectivity index (χ3v) is 11.2. The van der Waals surface area contributed by atoms with Gasteiger partial charge in [-0.3, -0.25) is 0 Å². The molecule has 59 heavy (non-hydrogen) atoms. The first kappa shape index (κ1) is 34.2. The summed E-state index contributed by atoms with van der Waals surface area (Å²) in [6.07, 6.45) is 4.15. The molecule has 7 nitrogen and oxygen atoms in total. The molecule has 7 heteroatoms. The fourth-order valence-corrected chi connectivity index (χ4v) is 8.48. The second kappa shape index (κ2) is 13.9. The van der Waals surface area contributed by atoms with Crippen molar-refractivity contribution in [3.63, 3.8) is 0 Å². The minimum Gasteiger partial charge on any atom is -0.497 e. The molecule has 0 saturated heterocycles. The number of rotatable bonds is 6. The summed E-state index contributed by atoms with van der Waals surface area (Å²) in [5.74, 6) is 0.615. The number of hydrogen-bond donors (Lipinski definition) is 2. The average Bonchev–Trinajstić information content (AvgIpc) is 4.13. The number of allylic oxidation sites excluding steroid dienone is 1. The highest BCUT2D eigenvalue weighted by Crippen LogP contribution is 2.41. The van der Waals surface area contributed by atoms with Gasteiger partial charge in [0, 0.05) is 38.3 Å². The number of H-pyrrole nitrogens is 2. The summed E-state index contributed by atoms with van der Waals surface area (Å²) in [7, 11) is 1.66. The lowest BCUT2D eigenvalue weighted by atomic mass is 9.90. The summed E-state index contributed by atoms with van der Waals surface area (Å²) in [5.41, 5.74) is 10.6. The van der Waals surface area contributed by atoms with Gasteiger partial charge in [0.2, 0.25) is 0 Å². The standard InChI is InChI=1S/C52H34N4O3/c1-58-35-23-21-33(22-24-35)44-36-19-11-12-20-37(36)47-42-28-27-40(54-42)45(31-13-5-2-6-14-31)38-25-26-39(53-38)46(32-15-7-3-8-16-32)41-29-30-43(55-41)49-51(48(44)50(47)56-49)59-52(57)34-17-9-4-10-18-34/h2-30,53,55H,1H3. The number of hydrogen-bond acceptors (Lipinski definition) is 5. The fourth-order valence-electron chi connectivity index (χ4n) is 8.48. The zero-order chi connectivity index (χ0) is 39.5. The number of carbonyl (C=O) groups excluding carboxylic acids is 1. The number of nitrogens with zero attached hydrogens (tertiary/aromatic N) is 2. The Morgan fingerprint density at radius 3 is 1.88 bits per heavy atom. The molecule has 0 fully saturated rings. The summed E-state index contributed by atoms with van der Waals surface area (Å²) in [6, 6.07) is 54.4. The Morgan fingerprint density at radius 1 is 0.542 bits per heavy atom. The van der Waals surface area contributed by atoms with Crippen molar-refractivity contribution >= 4 is 50.8 Å². The van der Waals surface area contributed by atoms with Gasteiger partial charge >= 0.3 is 5.97 Å². The Morgan fingerprint density at radius 2 is 1.17 bits per heavy atom. The molecule has 0 aliphatic carbocycles. The highest BCUT2D eigenvalue weighted by molar-refractivity contribution is 6.31. The van der Waals surface area contributed by atoms with Crippen molar-refractivity contribution in [1.82, 2.24) is 9.97 Å². The number of benzene rings is 6. The fraction of sp³-hybridized carbons (Fsp3) is 0.0192. The number of carbonyl (C=O) groups is 1. The first-order valence-corrected chi connectivity index (χ1v) is 19.5. The normalized spacial score (nSPS) is 13.9. The molecule has 2 aromatic heterocycles. The van der Waals surface area contributed by atoms with Gasteiger partial charge in [-0.25, -0.2) is 14.8 Å². The van der Waals surface area contributed by atoms with Crippen molar-refractivity contribution in [2.24, 2.45) is 9.98 Å². The molecule has 5 heterocycles. The molecule has 0 amide bonds. The molecule has 0 atom stereocenters. The summed E-state index contributed by atoms with van der Waals surface area (Å²) in [5, 5.41) is 5.33. The van der Waals surface area contributed by atoms with Crippen LogP contribution in [0.2, 0.25) is 0 Å². The van der Waals surface area contributed by atoms with Crippen molar-refractivity contribution in [3.8, 4) is 16.9 Å². The maximum absolute atomic E-state index is 14.2. The van der Waals surface area contributed by atoms with E-state index in [0.29, 0.717) is 33.6 Å². The van der Waals surface area contributed by atoms with E-state index in [9.17, 15) is 4.79 Å². The lowest BCUT2D eigenvalue weighted by Gasteiger charge is -2.16. The predicted molar refractivity (Wildman–Crippen MR) is 233 cm³/mol. The number of aromatic amines is 2. The van der Waals surface area contributed by atoms with Crippen LogP contribution >= 0.6 is 0 Å². The molecule has 0 unspecified atom stereocenters. The minimum absolute atomic E-state index is 0.360. The van der Waals surface area contributed by atoms with E-state index < -0.39 is 5.97 Å². The van der Waals surface area contributed by atoms with Crippen LogP contribution in [0.25, 0.3) is 50.2 Å². The maximum atomic E-state index is 14.2. The van der Waals surface area contributed by atoms with E-state index in [4.69, 9.17) is 19.5 Å². The lowest BCUT2D eigenvalue weighted by Crippen LogP contribution is -2.31. The molecule has 3 aliphatic heterocycles. The van der Waals surface area contributed by atoms with Crippen LogP contribution in [0.15, 0.2) is 186 Å². The molecule has 8 aromatic rings. The van der Waals surface area contributed by atoms with Crippen LogP contribution in [0.5, 0.6) is 5.75 Å². The van der Waals surface area contributed by atoms with Gasteiger partial charge in [0.1, 0.15) is 11.4 Å². The van der Waals surface area contributed by atoms with Crippen molar-refractivity contribution in [1.29, 1.82) is 0 Å². The Labute approximate surface area is 338 Å². The molecule has 11 rings (SSSR count). The maximum Gasteiger partial charge on any atom is 0.343 e. The van der Waals surface area contributed by atoms with Gasteiger partial charge in [-0.15, -0.1) is 0 Å². The first-order valence-electron chi connectivity index (χ1n) is 19.5. The van der Waals surface area contributed by atoms with Gasteiger partial charge in [-0.05, 0) is 88.1 Å². The van der Waals surface area contributed by atoms with E-state index in [1.807, 2.05) is 84.9 Å². The summed E-state index contributed by atoms with van der Waals surface area (Å²) < 4.78 is 12.2. The smallest absolute Gasteiger partial charge is 0.343 e. The van der Waals surface area contributed by atoms with Gasteiger partial charge in [0.25, 0.3) is 0 Å². The minimum atomic E-state index is -0.482. The van der Waals surface area contributed by atoms with Crippen molar-refractivity contribution in [3.05, 3.63) is 231 Å². The summed E-state index contributed by atoms with van der Waals surface area (Å²) >= 11 is 0. The number of methoxy groups -OCH3 is 1. The Bertz CT molecular complexity index is 3370. The molecular formula is C52H34N4O3. The van der Waals surface area contributed by atoms with Gasteiger partial charge in [-0.1, -0.05) is 115 Å². The lowest BCUT2D eigenvalue weighted by molar-refractivity contribution is 0.0693. The highest BCUT2D eigenvalue weighted by Gasteiger charge is 2.31. The van der Waals surface area contributed by atoms with E-state index in [0.717, 1.165) is 82.9 Å². The largest absolute Gasteiger partial charge is 0.497 e. The zero-order valence-electron chi connectivity index (χ0n) is 31.9. The molecule has 0 spiro atoms. The average molecular weight is 763 g/mol. The zero-order valence-corrected chi connectivity index (χ0v) is 31.9. The SMILES string of the molecule is COc1ccc(-c2c3c4c(c5ccccc25)=C2C=CC(=N2)C(c2ccccc2)=c2ccc([nH]2)=C(c2ccccc2)c2ccc([nH]2)C(=C3OC(=O)c2ccccc2)N=4)cc1. The van der Waals surface area contributed by atoms with Gasteiger partial charge < -0.3 is 19.4 Å². The third kappa shape index (κ3) is 5.70. The van der Waals surface area contributed by atoms with Crippen LogP contribution in [0.3, 0.4) is 0 Å². The predicted octanol–water partition coefficient (Wildman–Crippen LogP) is 8.07. The second-order valence-corrected chi connectivity index (χ2v) is 14.6. The van der Waals surface area contributed by atoms with Crippen LogP contribution in [-0.4, -0.2) is 28.8 Å². The topological polar surface area (TPSA) is 91.8 Å². The summed E-state index contributed by atoms with van der Waals surface area (Å²) in [4.78, 5) is 32.7. The van der Waals surface area contributed by atoms with Gasteiger partial charge in [0.15, 0.2) is 5.76 Å².